The maximum atomic E-state index is 12.8. The van der Waals surface area contributed by atoms with Gasteiger partial charge in [0.05, 0.1) is 11.8 Å². The number of ether oxygens (including phenoxy) is 1. The summed E-state index contributed by atoms with van der Waals surface area (Å²) in [5.74, 6) is 1.79. The second-order valence-electron chi connectivity index (χ2n) is 7.49. The van der Waals surface area contributed by atoms with E-state index in [1.807, 2.05) is 29.2 Å². The Morgan fingerprint density at radius 3 is 2.46 bits per heavy atom. The van der Waals surface area contributed by atoms with E-state index in [1.54, 1.807) is 18.6 Å². The summed E-state index contributed by atoms with van der Waals surface area (Å²) >= 11 is 0. The molecule has 0 aliphatic carbocycles. The Kier molecular flexibility index (Phi) is 5.71. The van der Waals surface area contributed by atoms with Crippen LogP contribution in [-0.2, 0) is 0 Å². The average molecular weight is 381 g/mol. The molecule has 2 saturated heterocycles. The lowest BCUT2D eigenvalue weighted by atomic mass is 10.1. The van der Waals surface area contributed by atoms with Gasteiger partial charge in [-0.2, -0.15) is 0 Å². The lowest BCUT2D eigenvalue weighted by Gasteiger charge is -2.33. The van der Waals surface area contributed by atoms with Crippen LogP contribution in [0.1, 0.15) is 23.2 Å². The van der Waals surface area contributed by atoms with Gasteiger partial charge < -0.3 is 19.4 Å². The first kappa shape index (κ1) is 18.7. The second kappa shape index (κ2) is 8.56. The van der Waals surface area contributed by atoms with Gasteiger partial charge in [0.15, 0.2) is 0 Å². The van der Waals surface area contributed by atoms with E-state index in [4.69, 9.17) is 4.74 Å². The molecule has 1 amide bonds. The zero-order valence-electron chi connectivity index (χ0n) is 16.3. The fourth-order valence-corrected chi connectivity index (χ4v) is 3.70. The van der Waals surface area contributed by atoms with Gasteiger partial charge in [0, 0.05) is 64.5 Å². The molecule has 0 unspecified atom stereocenters. The highest BCUT2D eigenvalue weighted by atomic mass is 16.5. The number of anilines is 1. The third kappa shape index (κ3) is 4.42. The summed E-state index contributed by atoms with van der Waals surface area (Å²) in [5.41, 5.74) is 0.657. The molecule has 2 aromatic heterocycles. The number of pyridine rings is 2. The van der Waals surface area contributed by atoms with Gasteiger partial charge in [-0.15, -0.1) is 0 Å². The SMILES string of the molecule is CN1CCN(c2ccc(C(=O)N3CCC(Oc4cccnc4)CC3)cn2)CC1. The van der Waals surface area contributed by atoms with Gasteiger partial charge in [0.25, 0.3) is 5.91 Å². The fraction of sp³-hybridized carbons (Fsp3) is 0.476. The minimum Gasteiger partial charge on any atom is -0.489 e. The number of aromatic nitrogens is 2. The second-order valence-corrected chi connectivity index (χ2v) is 7.49. The Labute approximate surface area is 165 Å². The van der Waals surface area contributed by atoms with E-state index < -0.39 is 0 Å². The smallest absolute Gasteiger partial charge is 0.255 e. The van der Waals surface area contributed by atoms with Gasteiger partial charge in [0.2, 0.25) is 0 Å². The van der Waals surface area contributed by atoms with Crippen LogP contribution in [-0.4, -0.2) is 78.1 Å². The molecular formula is C21H27N5O2. The number of likely N-dealkylation sites (N-methyl/N-ethyl adjacent to an activating group) is 1. The molecule has 0 N–H and O–H groups in total. The highest BCUT2D eigenvalue weighted by Gasteiger charge is 2.25. The maximum absolute atomic E-state index is 12.8. The lowest BCUT2D eigenvalue weighted by Crippen LogP contribution is -2.44. The number of hydrogen-bond donors (Lipinski definition) is 0. The molecule has 2 aromatic rings. The molecule has 7 nitrogen and oxygen atoms in total. The molecule has 4 heterocycles. The maximum Gasteiger partial charge on any atom is 0.255 e. The Morgan fingerprint density at radius 1 is 1.04 bits per heavy atom. The van der Waals surface area contributed by atoms with Gasteiger partial charge in [-0.1, -0.05) is 0 Å². The minimum atomic E-state index is 0.0530. The Balaban J connectivity index is 1.30. The van der Waals surface area contributed by atoms with Crippen molar-refractivity contribution in [3.8, 4) is 5.75 Å². The number of amides is 1. The monoisotopic (exact) mass is 381 g/mol. The highest BCUT2D eigenvalue weighted by molar-refractivity contribution is 5.94. The molecule has 0 spiro atoms. The first-order chi connectivity index (χ1) is 13.7. The van der Waals surface area contributed by atoms with E-state index in [2.05, 4.69) is 26.8 Å². The molecule has 2 aliphatic heterocycles. The van der Waals surface area contributed by atoms with Gasteiger partial charge in [-0.05, 0) is 31.3 Å². The normalized spacial score (nSPS) is 18.9. The Morgan fingerprint density at radius 2 is 1.82 bits per heavy atom. The Bertz CT molecular complexity index is 767. The molecule has 0 saturated carbocycles. The van der Waals surface area contributed by atoms with Crippen molar-refractivity contribution in [2.45, 2.75) is 18.9 Å². The molecule has 28 heavy (non-hydrogen) atoms. The largest absolute Gasteiger partial charge is 0.489 e. The summed E-state index contributed by atoms with van der Waals surface area (Å²) in [6, 6.07) is 7.66. The van der Waals surface area contributed by atoms with E-state index in [0.717, 1.165) is 50.6 Å². The van der Waals surface area contributed by atoms with Crippen molar-refractivity contribution < 1.29 is 9.53 Å². The quantitative estimate of drug-likeness (QED) is 0.806. The summed E-state index contributed by atoms with van der Waals surface area (Å²) in [4.78, 5) is 27.9. The number of piperazine rings is 1. The van der Waals surface area contributed by atoms with Crippen molar-refractivity contribution in [1.82, 2.24) is 19.8 Å². The predicted octanol–water partition coefficient (Wildman–Crippen LogP) is 1.91. The van der Waals surface area contributed by atoms with E-state index in [0.29, 0.717) is 18.7 Å². The third-order valence-corrected chi connectivity index (χ3v) is 5.49. The summed E-state index contributed by atoms with van der Waals surface area (Å²) in [7, 11) is 2.14. The molecule has 4 rings (SSSR count). The molecule has 148 valence electrons. The molecule has 2 aliphatic rings. The summed E-state index contributed by atoms with van der Waals surface area (Å²) < 4.78 is 5.96. The van der Waals surface area contributed by atoms with Crippen molar-refractivity contribution in [2.75, 3.05) is 51.2 Å². The zero-order valence-corrected chi connectivity index (χ0v) is 16.3. The number of nitrogens with zero attached hydrogens (tertiary/aromatic N) is 5. The molecule has 2 fully saturated rings. The average Bonchev–Trinajstić information content (AvgIpc) is 2.75. The standard InChI is InChI=1S/C21H27N5O2/c1-24-11-13-25(14-12-24)20-5-4-17(15-23-20)21(27)26-9-6-18(7-10-26)28-19-3-2-8-22-16-19/h2-5,8,15-16,18H,6-7,9-14H2,1H3. The molecule has 7 heteroatoms. The molecule has 0 aromatic carbocycles. The van der Waals surface area contributed by atoms with Crippen LogP contribution in [0.25, 0.3) is 0 Å². The molecule has 0 radical (unpaired) electrons. The number of piperidine rings is 1. The molecule has 0 atom stereocenters. The summed E-state index contributed by atoms with van der Waals surface area (Å²) in [6.07, 6.45) is 6.96. The lowest BCUT2D eigenvalue weighted by molar-refractivity contribution is 0.0594. The Hall–Kier alpha value is -2.67. The van der Waals surface area contributed by atoms with Crippen molar-refractivity contribution in [2.24, 2.45) is 0 Å². The van der Waals surface area contributed by atoms with E-state index in [9.17, 15) is 4.79 Å². The minimum absolute atomic E-state index is 0.0530. The van der Waals surface area contributed by atoms with Crippen LogP contribution < -0.4 is 9.64 Å². The van der Waals surface area contributed by atoms with Gasteiger partial charge in [-0.3, -0.25) is 9.78 Å². The van der Waals surface area contributed by atoms with Crippen LogP contribution in [0.15, 0.2) is 42.9 Å². The molecule has 0 bridgehead atoms. The van der Waals surface area contributed by atoms with Crippen LogP contribution >= 0.6 is 0 Å². The highest BCUT2D eigenvalue weighted by Crippen LogP contribution is 2.20. The number of carbonyl (C=O) groups is 1. The zero-order chi connectivity index (χ0) is 19.3. The van der Waals surface area contributed by atoms with E-state index >= 15 is 0 Å². The van der Waals surface area contributed by atoms with Gasteiger partial charge in [-0.25, -0.2) is 4.98 Å². The van der Waals surface area contributed by atoms with Crippen LogP contribution in [0.2, 0.25) is 0 Å². The number of carbonyl (C=O) groups excluding carboxylic acids is 1. The van der Waals surface area contributed by atoms with E-state index in [-0.39, 0.29) is 12.0 Å². The summed E-state index contributed by atoms with van der Waals surface area (Å²) in [5, 5.41) is 0. The molecular weight excluding hydrogens is 354 g/mol. The first-order valence-electron chi connectivity index (χ1n) is 9.94. The van der Waals surface area contributed by atoms with Crippen LogP contribution in [0.3, 0.4) is 0 Å². The number of rotatable bonds is 4. The fourth-order valence-electron chi connectivity index (χ4n) is 3.70. The van der Waals surface area contributed by atoms with Crippen molar-refractivity contribution in [1.29, 1.82) is 0 Å². The van der Waals surface area contributed by atoms with Crippen LogP contribution in [0, 0.1) is 0 Å². The van der Waals surface area contributed by atoms with Crippen LogP contribution in [0.4, 0.5) is 5.82 Å². The van der Waals surface area contributed by atoms with Crippen molar-refractivity contribution >= 4 is 11.7 Å². The number of likely N-dealkylation sites (tertiary alicyclic amines) is 1. The van der Waals surface area contributed by atoms with E-state index in [1.165, 1.54) is 0 Å². The van der Waals surface area contributed by atoms with Crippen molar-refractivity contribution in [3.05, 3.63) is 48.4 Å². The van der Waals surface area contributed by atoms with Gasteiger partial charge in [0.1, 0.15) is 17.7 Å². The first-order valence-corrected chi connectivity index (χ1v) is 9.94. The van der Waals surface area contributed by atoms with Crippen LogP contribution in [0.5, 0.6) is 5.75 Å². The van der Waals surface area contributed by atoms with Gasteiger partial charge >= 0.3 is 0 Å². The third-order valence-electron chi connectivity index (χ3n) is 5.49. The number of hydrogen-bond acceptors (Lipinski definition) is 6. The predicted molar refractivity (Wildman–Crippen MR) is 108 cm³/mol. The van der Waals surface area contributed by atoms with Crippen molar-refractivity contribution in [3.63, 3.8) is 0 Å². The summed E-state index contributed by atoms with van der Waals surface area (Å²) in [6.45, 7) is 5.42. The topological polar surface area (TPSA) is 61.8 Å².